The third-order valence-corrected chi connectivity index (χ3v) is 5.78. The Balaban J connectivity index is 1.66. The molecule has 1 N–H and O–H groups in total. The van der Waals surface area contributed by atoms with Crippen LogP contribution in [0.4, 0.5) is 0 Å². The lowest BCUT2D eigenvalue weighted by Crippen LogP contribution is -2.43. The van der Waals surface area contributed by atoms with E-state index in [1.54, 1.807) is 11.3 Å². The van der Waals surface area contributed by atoms with Crippen molar-refractivity contribution in [2.75, 3.05) is 0 Å². The molecule has 2 aliphatic rings. The molecule has 122 valence electrons. The molecule has 1 spiro atoms. The molecule has 0 radical (unpaired) electrons. The van der Waals surface area contributed by atoms with E-state index in [0.717, 1.165) is 21.9 Å². The topological polar surface area (TPSA) is 38.7 Å². The number of hydrogen-bond acceptors (Lipinski definition) is 4. The molecule has 2 aliphatic heterocycles. The molecule has 0 amide bonds. The first-order chi connectivity index (χ1) is 11.0. The summed E-state index contributed by atoms with van der Waals surface area (Å²) in [6.45, 7) is 2.53. The van der Waals surface area contributed by atoms with Gasteiger partial charge in [-0.3, -0.25) is 0 Å². The molecule has 2 aromatic rings. The van der Waals surface area contributed by atoms with Crippen molar-refractivity contribution in [3.63, 3.8) is 0 Å². The molecule has 23 heavy (non-hydrogen) atoms. The number of hydrogen-bond donors (Lipinski definition) is 1. The standard InChI is InChI=1S/C18H19ClO3S/c1-11-6-14(20)9-18(22-11)16-8-12(2-3-13(16)10-21-18)7-15-4-5-17(19)23-15/h2-5,8,11,14,20H,6-7,9-10H2,1H3/t11?,14?,18-/m1/s1. The van der Waals surface area contributed by atoms with Crippen LogP contribution in [0.5, 0.6) is 0 Å². The van der Waals surface area contributed by atoms with Gasteiger partial charge in [-0.1, -0.05) is 23.7 Å². The van der Waals surface area contributed by atoms with E-state index < -0.39 is 5.79 Å². The van der Waals surface area contributed by atoms with E-state index in [2.05, 4.69) is 24.3 Å². The van der Waals surface area contributed by atoms with E-state index >= 15 is 0 Å². The van der Waals surface area contributed by atoms with Crippen LogP contribution < -0.4 is 0 Å². The first-order valence-electron chi connectivity index (χ1n) is 7.90. The summed E-state index contributed by atoms with van der Waals surface area (Å²) in [5, 5.41) is 10.2. The van der Waals surface area contributed by atoms with Crippen LogP contribution in [0, 0.1) is 0 Å². The molecule has 1 aromatic carbocycles. The average molecular weight is 351 g/mol. The van der Waals surface area contributed by atoms with E-state index in [4.69, 9.17) is 21.1 Å². The summed E-state index contributed by atoms with van der Waals surface area (Å²) in [5.74, 6) is -0.782. The third-order valence-electron chi connectivity index (χ3n) is 4.55. The zero-order valence-corrected chi connectivity index (χ0v) is 14.5. The van der Waals surface area contributed by atoms with E-state index in [-0.39, 0.29) is 12.2 Å². The highest BCUT2D eigenvalue weighted by atomic mass is 35.5. The van der Waals surface area contributed by atoms with Gasteiger partial charge in [-0.2, -0.15) is 0 Å². The molecule has 3 atom stereocenters. The minimum absolute atomic E-state index is 0.00976. The molecule has 5 heteroatoms. The molecule has 3 heterocycles. The zero-order valence-electron chi connectivity index (χ0n) is 12.9. The highest BCUT2D eigenvalue weighted by molar-refractivity contribution is 7.16. The molecule has 3 nitrogen and oxygen atoms in total. The van der Waals surface area contributed by atoms with Crippen LogP contribution in [-0.2, 0) is 28.3 Å². The predicted octanol–water partition coefficient (Wildman–Crippen LogP) is 4.24. The summed E-state index contributed by atoms with van der Waals surface area (Å²) in [7, 11) is 0. The Kier molecular flexibility index (Phi) is 3.98. The number of halogens is 1. The fraction of sp³-hybridized carbons (Fsp3) is 0.444. The SMILES string of the molecule is CC1CC(O)C[C@@]2(OCc3ccc(Cc4ccc(Cl)s4)cc32)O1. The lowest BCUT2D eigenvalue weighted by atomic mass is 9.90. The highest BCUT2D eigenvalue weighted by Gasteiger charge is 2.47. The van der Waals surface area contributed by atoms with Gasteiger partial charge in [-0.25, -0.2) is 0 Å². The summed E-state index contributed by atoms with van der Waals surface area (Å²) < 4.78 is 13.0. The molecule has 2 unspecified atom stereocenters. The van der Waals surface area contributed by atoms with Gasteiger partial charge in [0.05, 0.1) is 23.2 Å². The molecule has 4 rings (SSSR count). The van der Waals surface area contributed by atoms with Gasteiger partial charge in [0.1, 0.15) is 0 Å². The van der Waals surface area contributed by atoms with Crippen LogP contribution >= 0.6 is 22.9 Å². The van der Waals surface area contributed by atoms with Crippen LogP contribution in [0.2, 0.25) is 4.34 Å². The minimum atomic E-state index is -0.782. The maximum absolute atomic E-state index is 10.2. The Morgan fingerprint density at radius 1 is 1.35 bits per heavy atom. The second-order valence-corrected chi connectivity index (χ2v) is 8.24. The van der Waals surface area contributed by atoms with Crippen LogP contribution in [0.1, 0.15) is 41.3 Å². The number of ether oxygens (including phenoxy) is 2. The predicted molar refractivity (Wildman–Crippen MR) is 90.8 cm³/mol. The second kappa shape index (κ2) is 5.87. The van der Waals surface area contributed by atoms with Gasteiger partial charge in [0, 0.05) is 23.3 Å². The molecule has 1 saturated heterocycles. The summed E-state index contributed by atoms with van der Waals surface area (Å²) in [4.78, 5) is 1.24. The number of thiophene rings is 1. The smallest absolute Gasteiger partial charge is 0.198 e. The fourth-order valence-corrected chi connectivity index (χ4v) is 4.72. The van der Waals surface area contributed by atoms with Crippen molar-refractivity contribution in [2.45, 2.75) is 50.8 Å². The largest absolute Gasteiger partial charge is 0.393 e. The maximum Gasteiger partial charge on any atom is 0.198 e. The highest BCUT2D eigenvalue weighted by Crippen LogP contribution is 2.45. The van der Waals surface area contributed by atoms with Gasteiger partial charge in [0.25, 0.3) is 0 Å². The molecule has 0 saturated carbocycles. The molecule has 1 aromatic heterocycles. The van der Waals surface area contributed by atoms with Gasteiger partial charge >= 0.3 is 0 Å². The molecule has 0 bridgehead atoms. The average Bonchev–Trinajstić information content (AvgIpc) is 3.03. The quantitative estimate of drug-likeness (QED) is 0.880. The minimum Gasteiger partial charge on any atom is -0.393 e. The summed E-state index contributed by atoms with van der Waals surface area (Å²) in [6.07, 6.45) is 1.61. The Bertz CT molecular complexity index is 717. The van der Waals surface area contributed by atoms with Crippen LogP contribution in [-0.4, -0.2) is 17.3 Å². The van der Waals surface area contributed by atoms with Crippen molar-refractivity contribution in [1.29, 1.82) is 0 Å². The van der Waals surface area contributed by atoms with Crippen LogP contribution in [0.15, 0.2) is 30.3 Å². The number of fused-ring (bicyclic) bond motifs is 2. The first-order valence-corrected chi connectivity index (χ1v) is 9.10. The van der Waals surface area contributed by atoms with Crippen LogP contribution in [0.25, 0.3) is 0 Å². The van der Waals surface area contributed by atoms with Gasteiger partial charge in [-0.15, -0.1) is 11.3 Å². The third kappa shape index (κ3) is 2.94. The number of aliphatic hydroxyl groups excluding tert-OH is 1. The number of rotatable bonds is 2. The van der Waals surface area contributed by atoms with Crippen molar-refractivity contribution in [1.82, 2.24) is 0 Å². The van der Waals surface area contributed by atoms with Crippen molar-refractivity contribution in [3.05, 3.63) is 56.2 Å². The van der Waals surface area contributed by atoms with Crippen molar-refractivity contribution >= 4 is 22.9 Å². The van der Waals surface area contributed by atoms with E-state index in [0.29, 0.717) is 19.4 Å². The molecule has 0 aliphatic carbocycles. The normalized spacial score (nSPS) is 29.9. The van der Waals surface area contributed by atoms with Gasteiger partial charge in [0.15, 0.2) is 5.79 Å². The van der Waals surface area contributed by atoms with Gasteiger partial charge in [-0.05, 0) is 42.7 Å². The summed E-state index contributed by atoms with van der Waals surface area (Å²) in [6, 6.07) is 10.4. The van der Waals surface area contributed by atoms with Gasteiger partial charge < -0.3 is 14.6 Å². The first kappa shape index (κ1) is 15.6. The Labute approximate surface area is 144 Å². The van der Waals surface area contributed by atoms with Crippen molar-refractivity contribution < 1.29 is 14.6 Å². The summed E-state index contributed by atoms with van der Waals surface area (Å²) in [5.41, 5.74) is 3.44. The maximum atomic E-state index is 10.2. The molecular weight excluding hydrogens is 332 g/mol. The van der Waals surface area contributed by atoms with E-state index in [1.165, 1.54) is 10.4 Å². The Morgan fingerprint density at radius 2 is 2.22 bits per heavy atom. The Hall–Kier alpha value is -0.910. The molecule has 1 fully saturated rings. The number of benzene rings is 1. The Morgan fingerprint density at radius 3 is 2.96 bits per heavy atom. The second-order valence-electron chi connectivity index (χ2n) is 6.44. The van der Waals surface area contributed by atoms with Crippen molar-refractivity contribution in [2.24, 2.45) is 0 Å². The number of aliphatic hydroxyl groups is 1. The van der Waals surface area contributed by atoms with E-state index in [9.17, 15) is 5.11 Å². The molecular formula is C18H19ClO3S. The van der Waals surface area contributed by atoms with Crippen molar-refractivity contribution in [3.8, 4) is 0 Å². The lowest BCUT2D eigenvalue weighted by molar-refractivity contribution is -0.295. The zero-order chi connectivity index (χ0) is 16.0. The fourth-order valence-electron chi connectivity index (χ4n) is 3.60. The summed E-state index contributed by atoms with van der Waals surface area (Å²) >= 11 is 7.63. The van der Waals surface area contributed by atoms with Crippen LogP contribution in [0.3, 0.4) is 0 Å². The van der Waals surface area contributed by atoms with E-state index in [1.807, 2.05) is 13.0 Å². The van der Waals surface area contributed by atoms with Gasteiger partial charge in [0.2, 0.25) is 0 Å². The lowest BCUT2D eigenvalue weighted by Gasteiger charge is -2.39. The monoisotopic (exact) mass is 350 g/mol.